The Morgan fingerprint density at radius 2 is 2.39 bits per heavy atom. The van der Waals surface area contributed by atoms with E-state index in [9.17, 15) is 4.79 Å². The summed E-state index contributed by atoms with van der Waals surface area (Å²) in [6.45, 7) is 2.30. The summed E-state index contributed by atoms with van der Waals surface area (Å²) in [6.07, 6.45) is 0. The van der Waals surface area contributed by atoms with Gasteiger partial charge in [0.05, 0.1) is 24.8 Å². The van der Waals surface area contributed by atoms with Crippen LogP contribution in [0.2, 0.25) is 0 Å². The van der Waals surface area contributed by atoms with Crippen molar-refractivity contribution in [2.75, 3.05) is 18.5 Å². The number of nitrogens with one attached hydrogen (secondary N) is 1. The van der Waals surface area contributed by atoms with Gasteiger partial charge in [0.25, 0.3) is 0 Å². The number of hydrogen-bond acceptors (Lipinski definition) is 5. The van der Waals surface area contributed by atoms with Gasteiger partial charge in [0, 0.05) is 5.69 Å². The Hall–Kier alpha value is -2.13. The van der Waals surface area contributed by atoms with Crippen LogP contribution in [-0.2, 0) is 9.53 Å². The molecular formula is C12H13N3O3. The summed E-state index contributed by atoms with van der Waals surface area (Å²) in [5.74, 6) is -1.10. The number of carbonyl (C=O) groups is 1. The standard InChI is InChI=1S/C12H13N3O3/c1-7-2-3-8(4-13)11(14-7)15-10-6-18-5-9(10)12(16)17/h2-3,9-10H,5-6H2,1H3,(H,14,15)(H,16,17). The molecule has 6 heteroatoms. The molecule has 1 saturated heterocycles. The van der Waals surface area contributed by atoms with E-state index in [1.807, 2.05) is 13.0 Å². The first-order chi connectivity index (χ1) is 8.61. The molecule has 0 amide bonds. The fourth-order valence-corrected chi connectivity index (χ4v) is 1.87. The van der Waals surface area contributed by atoms with Gasteiger partial charge in [-0.2, -0.15) is 5.26 Å². The highest BCUT2D eigenvalue weighted by molar-refractivity contribution is 5.72. The number of hydrogen-bond donors (Lipinski definition) is 2. The third-order valence-electron chi connectivity index (χ3n) is 2.87. The number of rotatable bonds is 3. The molecule has 94 valence electrons. The summed E-state index contributed by atoms with van der Waals surface area (Å²) in [6, 6.07) is 5.07. The van der Waals surface area contributed by atoms with Crippen molar-refractivity contribution in [2.45, 2.75) is 13.0 Å². The van der Waals surface area contributed by atoms with Crippen molar-refractivity contribution in [3.8, 4) is 6.07 Å². The molecule has 1 fully saturated rings. The Balaban J connectivity index is 2.21. The fourth-order valence-electron chi connectivity index (χ4n) is 1.87. The molecule has 1 aliphatic heterocycles. The lowest BCUT2D eigenvalue weighted by Gasteiger charge is -2.17. The van der Waals surface area contributed by atoms with Crippen LogP contribution in [0.25, 0.3) is 0 Å². The predicted molar refractivity (Wildman–Crippen MR) is 63.0 cm³/mol. The SMILES string of the molecule is Cc1ccc(C#N)c(NC2COCC2C(=O)O)n1. The number of aliphatic carboxylic acids is 1. The molecule has 2 rings (SSSR count). The third-order valence-corrected chi connectivity index (χ3v) is 2.87. The maximum Gasteiger partial charge on any atom is 0.311 e. The zero-order chi connectivity index (χ0) is 13.1. The van der Waals surface area contributed by atoms with Crippen molar-refractivity contribution >= 4 is 11.8 Å². The van der Waals surface area contributed by atoms with Crippen molar-refractivity contribution in [2.24, 2.45) is 5.92 Å². The number of carboxylic acids is 1. The van der Waals surface area contributed by atoms with Gasteiger partial charge in [0.2, 0.25) is 0 Å². The van der Waals surface area contributed by atoms with Gasteiger partial charge in [-0.1, -0.05) is 0 Å². The number of pyridine rings is 1. The number of ether oxygens (including phenoxy) is 1. The van der Waals surface area contributed by atoms with Gasteiger partial charge in [-0.05, 0) is 19.1 Å². The van der Waals surface area contributed by atoms with Crippen LogP contribution in [0, 0.1) is 24.2 Å². The van der Waals surface area contributed by atoms with Crippen molar-refractivity contribution < 1.29 is 14.6 Å². The molecule has 0 aromatic carbocycles. The molecule has 2 heterocycles. The molecular weight excluding hydrogens is 234 g/mol. The summed E-state index contributed by atoms with van der Waals surface area (Å²) in [5.41, 5.74) is 1.17. The Labute approximate surface area is 104 Å². The van der Waals surface area contributed by atoms with Crippen molar-refractivity contribution in [3.63, 3.8) is 0 Å². The van der Waals surface area contributed by atoms with E-state index in [0.29, 0.717) is 18.0 Å². The Bertz CT molecular complexity index is 510. The molecule has 18 heavy (non-hydrogen) atoms. The zero-order valence-corrected chi connectivity index (χ0v) is 9.88. The third kappa shape index (κ3) is 2.41. The summed E-state index contributed by atoms with van der Waals surface area (Å²) in [4.78, 5) is 15.2. The summed E-state index contributed by atoms with van der Waals surface area (Å²) in [5, 5.41) is 21.0. The summed E-state index contributed by atoms with van der Waals surface area (Å²) < 4.78 is 5.15. The normalized spacial score (nSPS) is 22.4. The monoisotopic (exact) mass is 247 g/mol. The second kappa shape index (κ2) is 5.02. The molecule has 2 unspecified atom stereocenters. The highest BCUT2D eigenvalue weighted by atomic mass is 16.5. The highest BCUT2D eigenvalue weighted by Crippen LogP contribution is 2.20. The highest BCUT2D eigenvalue weighted by Gasteiger charge is 2.34. The smallest absolute Gasteiger partial charge is 0.311 e. The topological polar surface area (TPSA) is 95.2 Å². The molecule has 0 aliphatic carbocycles. The first-order valence-electron chi connectivity index (χ1n) is 5.56. The lowest BCUT2D eigenvalue weighted by atomic mass is 10.0. The van der Waals surface area contributed by atoms with Crippen LogP contribution in [0.5, 0.6) is 0 Å². The Morgan fingerprint density at radius 1 is 1.61 bits per heavy atom. The number of nitriles is 1. The summed E-state index contributed by atoms with van der Waals surface area (Å²) in [7, 11) is 0. The van der Waals surface area contributed by atoms with E-state index < -0.39 is 11.9 Å². The van der Waals surface area contributed by atoms with Gasteiger partial charge in [-0.3, -0.25) is 4.79 Å². The van der Waals surface area contributed by atoms with Crippen LogP contribution in [0.1, 0.15) is 11.3 Å². The molecule has 2 atom stereocenters. The van der Waals surface area contributed by atoms with Gasteiger partial charge in [0.15, 0.2) is 0 Å². The van der Waals surface area contributed by atoms with E-state index in [2.05, 4.69) is 10.3 Å². The van der Waals surface area contributed by atoms with E-state index in [1.165, 1.54) is 0 Å². The van der Waals surface area contributed by atoms with Gasteiger partial charge in [0.1, 0.15) is 17.8 Å². The molecule has 2 N–H and O–H groups in total. The second-order valence-electron chi connectivity index (χ2n) is 4.19. The van der Waals surface area contributed by atoms with Crippen molar-refractivity contribution in [1.29, 1.82) is 5.26 Å². The van der Waals surface area contributed by atoms with Crippen LogP contribution in [-0.4, -0.2) is 35.3 Å². The molecule has 0 spiro atoms. The van der Waals surface area contributed by atoms with E-state index in [4.69, 9.17) is 15.1 Å². The lowest BCUT2D eigenvalue weighted by molar-refractivity contribution is -0.141. The minimum atomic E-state index is -0.906. The quantitative estimate of drug-likeness (QED) is 0.819. The minimum absolute atomic E-state index is 0.181. The van der Waals surface area contributed by atoms with Crippen molar-refractivity contribution in [1.82, 2.24) is 4.98 Å². The van der Waals surface area contributed by atoms with Crippen molar-refractivity contribution in [3.05, 3.63) is 23.4 Å². The van der Waals surface area contributed by atoms with Crippen LogP contribution in [0.3, 0.4) is 0 Å². The molecule has 0 saturated carbocycles. The number of anilines is 1. The molecule has 0 bridgehead atoms. The predicted octanol–water partition coefficient (Wildman–Crippen LogP) is 0.773. The minimum Gasteiger partial charge on any atom is -0.481 e. The first kappa shape index (κ1) is 12.3. The molecule has 1 aliphatic rings. The van der Waals surface area contributed by atoms with E-state index in [-0.39, 0.29) is 12.6 Å². The zero-order valence-electron chi connectivity index (χ0n) is 9.88. The van der Waals surface area contributed by atoms with Gasteiger partial charge in [-0.25, -0.2) is 4.98 Å². The van der Waals surface area contributed by atoms with E-state index in [1.54, 1.807) is 12.1 Å². The van der Waals surface area contributed by atoms with Crippen LogP contribution < -0.4 is 5.32 Å². The molecule has 1 aromatic heterocycles. The maximum absolute atomic E-state index is 11.0. The van der Waals surface area contributed by atoms with Gasteiger partial charge in [-0.15, -0.1) is 0 Å². The molecule has 1 aromatic rings. The average molecular weight is 247 g/mol. The Morgan fingerprint density at radius 3 is 3.06 bits per heavy atom. The average Bonchev–Trinajstić information content (AvgIpc) is 2.77. The molecule has 6 nitrogen and oxygen atoms in total. The molecule has 0 radical (unpaired) electrons. The fraction of sp³-hybridized carbons (Fsp3) is 0.417. The number of nitrogens with zero attached hydrogens (tertiary/aromatic N) is 2. The number of carboxylic acid groups (broad SMARTS) is 1. The second-order valence-corrected chi connectivity index (χ2v) is 4.19. The number of aryl methyl sites for hydroxylation is 1. The van der Waals surface area contributed by atoms with E-state index >= 15 is 0 Å². The largest absolute Gasteiger partial charge is 0.481 e. The van der Waals surface area contributed by atoms with Crippen LogP contribution in [0.4, 0.5) is 5.82 Å². The summed E-state index contributed by atoms with van der Waals surface area (Å²) >= 11 is 0. The van der Waals surface area contributed by atoms with Crippen LogP contribution >= 0.6 is 0 Å². The van der Waals surface area contributed by atoms with E-state index in [0.717, 1.165) is 5.69 Å². The van der Waals surface area contributed by atoms with Crippen LogP contribution in [0.15, 0.2) is 12.1 Å². The maximum atomic E-state index is 11.0. The first-order valence-corrected chi connectivity index (χ1v) is 5.56. The Kier molecular flexibility index (Phi) is 3.44. The number of aromatic nitrogens is 1. The lowest BCUT2D eigenvalue weighted by Crippen LogP contribution is -2.33. The van der Waals surface area contributed by atoms with Gasteiger partial charge < -0.3 is 15.2 Å². The van der Waals surface area contributed by atoms with Gasteiger partial charge >= 0.3 is 5.97 Å².